The normalized spacial score (nSPS) is 16.2. The van der Waals surface area contributed by atoms with Crippen molar-refractivity contribution in [3.8, 4) is 0 Å². The second-order valence-electron chi connectivity index (χ2n) is 6.63. The molecule has 0 aromatic carbocycles. The van der Waals surface area contributed by atoms with Crippen LogP contribution in [0.25, 0.3) is 0 Å². The first-order chi connectivity index (χ1) is 12.1. The Bertz CT molecular complexity index is 556. The Balaban J connectivity index is 1.71. The summed E-state index contributed by atoms with van der Waals surface area (Å²) in [5.74, 6) is 1.06. The van der Waals surface area contributed by atoms with E-state index in [-0.39, 0.29) is 24.3 Å². The number of nitrogens with zero attached hydrogens (tertiary/aromatic N) is 2. The fourth-order valence-electron chi connectivity index (χ4n) is 3.11. The molecule has 138 valence electrons. The first kappa shape index (κ1) is 19.1. The molecule has 1 fully saturated rings. The number of nitrogens with one attached hydrogen (secondary N) is 1. The predicted octanol–water partition coefficient (Wildman–Crippen LogP) is 4.08. The van der Waals surface area contributed by atoms with Crippen LogP contribution in [-0.2, 0) is 9.53 Å². The van der Waals surface area contributed by atoms with Crippen molar-refractivity contribution < 1.29 is 14.5 Å². The Kier molecular flexibility index (Phi) is 7.63. The first-order valence-electron chi connectivity index (χ1n) is 9.11. The van der Waals surface area contributed by atoms with Gasteiger partial charge in [0.25, 0.3) is 5.69 Å². The molecule has 7 heteroatoms. The predicted molar refractivity (Wildman–Crippen MR) is 95.4 cm³/mol. The summed E-state index contributed by atoms with van der Waals surface area (Å²) in [6.45, 7) is 2.26. The van der Waals surface area contributed by atoms with Crippen molar-refractivity contribution in [3.63, 3.8) is 0 Å². The summed E-state index contributed by atoms with van der Waals surface area (Å²) < 4.78 is 5.38. The van der Waals surface area contributed by atoms with Crippen molar-refractivity contribution in [3.05, 3.63) is 28.4 Å². The van der Waals surface area contributed by atoms with Crippen LogP contribution in [-0.4, -0.2) is 28.5 Å². The number of carbonyl (C=O) groups is 1. The fraction of sp³-hybridized carbons (Fsp3) is 0.667. The van der Waals surface area contributed by atoms with E-state index in [1.54, 1.807) is 6.07 Å². The zero-order chi connectivity index (χ0) is 18.1. The lowest BCUT2D eigenvalue weighted by atomic mass is 9.86. The van der Waals surface area contributed by atoms with E-state index in [9.17, 15) is 14.9 Å². The maximum Gasteiger partial charge on any atom is 0.305 e. The van der Waals surface area contributed by atoms with E-state index in [0.29, 0.717) is 18.2 Å². The molecule has 1 aromatic heterocycles. The smallest absolute Gasteiger partial charge is 0.305 e. The molecule has 1 aromatic rings. The lowest BCUT2D eigenvalue weighted by molar-refractivity contribution is -0.385. The topological polar surface area (TPSA) is 94.4 Å². The zero-order valence-electron chi connectivity index (χ0n) is 14.8. The highest BCUT2D eigenvalue weighted by Gasteiger charge is 2.16. The van der Waals surface area contributed by atoms with Crippen LogP contribution in [0.1, 0.15) is 58.3 Å². The molecule has 25 heavy (non-hydrogen) atoms. The molecule has 0 bridgehead atoms. The SMILES string of the molecule is CCC(COC(=O)CCC1CCCCC1)Nc1ccc([N+](=O)[O-])cn1. The number of ether oxygens (including phenoxy) is 1. The van der Waals surface area contributed by atoms with Gasteiger partial charge in [-0.2, -0.15) is 0 Å². The van der Waals surface area contributed by atoms with Gasteiger partial charge in [0, 0.05) is 12.5 Å². The fourth-order valence-corrected chi connectivity index (χ4v) is 3.11. The quantitative estimate of drug-likeness (QED) is 0.410. The summed E-state index contributed by atoms with van der Waals surface area (Å²) in [5.41, 5.74) is -0.0484. The number of carbonyl (C=O) groups excluding carboxylic acids is 1. The highest BCUT2D eigenvalue weighted by molar-refractivity contribution is 5.69. The van der Waals surface area contributed by atoms with E-state index in [0.717, 1.165) is 12.8 Å². The van der Waals surface area contributed by atoms with Gasteiger partial charge in [-0.15, -0.1) is 0 Å². The summed E-state index contributed by atoms with van der Waals surface area (Å²) in [5, 5.41) is 13.8. The minimum Gasteiger partial charge on any atom is -0.463 e. The maximum atomic E-state index is 11.9. The number of hydrogen-bond acceptors (Lipinski definition) is 6. The van der Waals surface area contributed by atoms with Crippen molar-refractivity contribution in [2.75, 3.05) is 11.9 Å². The molecule has 0 radical (unpaired) electrons. The molecule has 7 nitrogen and oxygen atoms in total. The summed E-state index contributed by atoms with van der Waals surface area (Å²) in [6, 6.07) is 2.90. The molecule has 2 rings (SSSR count). The minimum absolute atomic E-state index is 0.0484. The molecule has 1 heterocycles. The van der Waals surface area contributed by atoms with E-state index < -0.39 is 4.92 Å². The van der Waals surface area contributed by atoms with Crippen LogP contribution >= 0.6 is 0 Å². The Hall–Kier alpha value is -2.18. The minimum atomic E-state index is -0.484. The van der Waals surface area contributed by atoms with E-state index in [1.807, 2.05) is 6.92 Å². The summed E-state index contributed by atoms with van der Waals surface area (Å²) in [7, 11) is 0. The van der Waals surface area contributed by atoms with Crippen molar-refractivity contribution in [2.24, 2.45) is 5.92 Å². The van der Waals surface area contributed by atoms with Crippen LogP contribution in [0, 0.1) is 16.0 Å². The molecule has 1 aliphatic rings. The summed E-state index contributed by atoms with van der Waals surface area (Å²) >= 11 is 0. The van der Waals surface area contributed by atoms with Crippen LogP contribution in [0.15, 0.2) is 18.3 Å². The molecule has 1 saturated carbocycles. The zero-order valence-corrected chi connectivity index (χ0v) is 14.8. The van der Waals surface area contributed by atoms with E-state index in [4.69, 9.17) is 4.74 Å². The van der Waals surface area contributed by atoms with Crippen LogP contribution in [0.4, 0.5) is 11.5 Å². The van der Waals surface area contributed by atoms with E-state index in [2.05, 4.69) is 10.3 Å². The first-order valence-corrected chi connectivity index (χ1v) is 9.11. The van der Waals surface area contributed by atoms with Gasteiger partial charge in [-0.1, -0.05) is 39.0 Å². The lowest BCUT2D eigenvalue weighted by Gasteiger charge is -2.21. The average Bonchev–Trinajstić information content (AvgIpc) is 2.64. The van der Waals surface area contributed by atoms with Crippen LogP contribution in [0.5, 0.6) is 0 Å². The molecule has 0 amide bonds. The number of nitro groups is 1. The van der Waals surface area contributed by atoms with Gasteiger partial charge in [-0.3, -0.25) is 14.9 Å². The third-order valence-corrected chi connectivity index (χ3v) is 4.73. The van der Waals surface area contributed by atoms with Gasteiger partial charge in [-0.25, -0.2) is 4.98 Å². The molecule has 1 atom stereocenters. The van der Waals surface area contributed by atoms with Crippen molar-refractivity contribution in [1.82, 2.24) is 4.98 Å². The maximum absolute atomic E-state index is 11.9. The standard InChI is InChI=1S/C18H27N3O4/c1-2-15(20-17-10-9-16(12-19-17)21(23)24)13-25-18(22)11-8-14-6-4-3-5-7-14/h9-10,12,14-15H,2-8,11,13H2,1H3,(H,19,20). The number of rotatable bonds is 9. The molecular formula is C18H27N3O4. The third-order valence-electron chi connectivity index (χ3n) is 4.73. The van der Waals surface area contributed by atoms with Gasteiger partial charge >= 0.3 is 5.97 Å². The van der Waals surface area contributed by atoms with Crippen molar-refractivity contribution >= 4 is 17.5 Å². The highest BCUT2D eigenvalue weighted by atomic mass is 16.6. The van der Waals surface area contributed by atoms with Gasteiger partial charge in [0.2, 0.25) is 0 Å². The van der Waals surface area contributed by atoms with Crippen LogP contribution < -0.4 is 5.32 Å². The second-order valence-corrected chi connectivity index (χ2v) is 6.63. The van der Waals surface area contributed by atoms with Gasteiger partial charge < -0.3 is 10.1 Å². The molecule has 1 unspecified atom stereocenters. The van der Waals surface area contributed by atoms with Crippen LogP contribution in [0.2, 0.25) is 0 Å². The Morgan fingerprint density at radius 1 is 1.40 bits per heavy atom. The van der Waals surface area contributed by atoms with Gasteiger partial charge in [0.15, 0.2) is 0 Å². The van der Waals surface area contributed by atoms with Crippen molar-refractivity contribution in [1.29, 1.82) is 0 Å². The molecule has 0 saturated heterocycles. The Labute approximate surface area is 148 Å². The van der Waals surface area contributed by atoms with Crippen LogP contribution in [0.3, 0.4) is 0 Å². The molecule has 0 aliphatic heterocycles. The molecule has 1 N–H and O–H groups in total. The monoisotopic (exact) mass is 349 g/mol. The van der Waals surface area contributed by atoms with Gasteiger partial charge in [-0.05, 0) is 24.8 Å². The Morgan fingerprint density at radius 3 is 2.76 bits per heavy atom. The molecule has 0 spiro atoms. The lowest BCUT2D eigenvalue weighted by Crippen LogP contribution is -2.27. The van der Waals surface area contributed by atoms with E-state index in [1.165, 1.54) is 44.4 Å². The largest absolute Gasteiger partial charge is 0.463 e. The van der Waals surface area contributed by atoms with E-state index >= 15 is 0 Å². The summed E-state index contributed by atoms with van der Waals surface area (Å²) in [6.07, 6.45) is 9.73. The average molecular weight is 349 g/mol. The molecule has 1 aliphatic carbocycles. The number of esters is 1. The summed E-state index contributed by atoms with van der Waals surface area (Å²) in [4.78, 5) is 26.1. The Morgan fingerprint density at radius 2 is 2.16 bits per heavy atom. The number of aromatic nitrogens is 1. The number of anilines is 1. The van der Waals surface area contributed by atoms with Gasteiger partial charge in [0.05, 0.1) is 11.0 Å². The number of hydrogen-bond donors (Lipinski definition) is 1. The highest BCUT2D eigenvalue weighted by Crippen LogP contribution is 2.27. The van der Waals surface area contributed by atoms with Crippen molar-refractivity contribution in [2.45, 2.75) is 64.3 Å². The molecular weight excluding hydrogens is 322 g/mol. The van der Waals surface area contributed by atoms with Gasteiger partial charge in [0.1, 0.15) is 18.6 Å². The number of pyridine rings is 1. The second kappa shape index (κ2) is 9.96. The third kappa shape index (κ3) is 6.68.